The number of urea groups is 1. The topological polar surface area (TPSA) is 89.4 Å². The van der Waals surface area contributed by atoms with Crippen LogP contribution in [0.5, 0.6) is 0 Å². The van der Waals surface area contributed by atoms with Crippen molar-refractivity contribution in [2.75, 3.05) is 6.54 Å². The molecule has 6 heteroatoms. The van der Waals surface area contributed by atoms with Crippen molar-refractivity contribution in [1.29, 1.82) is 0 Å². The van der Waals surface area contributed by atoms with Crippen LogP contribution in [0.25, 0.3) is 0 Å². The van der Waals surface area contributed by atoms with E-state index in [9.17, 15) is 14.0 Å². The number of halogens is 1. The number of nitrogens with zero attached hydrogens (tertiary/aromatic N) is 1. The van der Waals surface area contributed by atoms with Crippen LogP contribution in [-0.4, -0.2) is 23.4 Å². The fourth-order valence-electron chi connectivity index (χ4n) is 3.07. The zero-order valence-corrected chi connectivity index (χ0v) is 12.2. The molecule has 1 aliphatic heterocycles. The Balaban J connectivity index is 2.56. The van der Waals surface area contributed by atoms with Gasteiger partial charge in [-0.05, 0) is 36.0 Å². The van der Waals surface area contributed by atoms with E-state index in [4.69, 9.17) is 11.5 Å². The molecule has 0 aromatic heterocycles. The van der Waals surface area contributed by atoms with E-state index in [1.54, 1.807) is 12.1 Å². The molecule has 1 aromatic carbocycles. The van der Waals surface area contributed by atoms with Crippen LogP contribution in [0.3, 0.4) is 0 Å². The lowest BCUT2D eigenvalue weighted by Crippen LogP contribution is -2.55. The number of amides is 3. The van der Waals surface area contributed by atoms with Gasteiger partial charge in [0.25, 0.3) is 0 Å². The van der Waals surface area contributed by atoms with Crippen molar-refractivity contribution in [3.8, 4) is 0 Å². The standard InChI is InChI=1S/C15H20FN3O2/c1-9(2)11-5-4-10(8-12(11)16)15(13(17)20)6-3-7-19(15)14(18)21/h4-5,8-9H,3,6-7H2,1-2H3,(H2,17,20)(H2,18,21). The van der Waals surface area contributed by atoms with Crippen molar-refractivity contribution in [3.63, 3.8) is 0 Å². The van der Waals surface area contributed by atoms with Gasteiger partial charge in [-0.25, -0.2) is 9.18 Å². The van der Waals surface area contributed by atoms with Crippen LogP contribution in [0.15, 0.2) is 18.2 Å². The van der Waals surface area contributed by atoms with E-state index in [2.05, 4.69) is 0 Å². The summed E-state index contributed by atoms with van der Waals surface area (Å²) in [5.41, 5.74) is 10.5. The van der Waals surface area contributed by atoms with Crippen LogP contribution in [0, 0.1) is 5.82 Å². The minimum absolute atomic E-state index is 0.0272. The van der Waals surface area contributed by atoms with Gasteiger partial charge >= 0.3 is 6.03 Å². The molecule has 3 amide bonds. The number of likely N-dealkylation sites (tertiary alicyclic amines) is 1. The van der Waals surface area contributed by atoms with Crippen LogP contribution in [0.2, 0.25) is 0 Å². The highest BCUT2D eigenvalue weighted by Crippen LogP contribution is 2.39. The first-order valence-corrected chi connectivity index (χ1v) is 6.97. The molecule has 0 radical (unpaired) electrons. The number of benzene rings is 1. The first kappa shape index (κ1) is 15.3. The zero-order chi connectivity index (χ0) is 15.8. The summed E-state index contributed by atoms with van der Waals surface area (Å²) in [6.45, 7) is 4.10. The highest BCUT2D eigenvalue weighted by Gasteiger charge is 2.49. The highest BCUT2D eigenvalue weighted by molar-refractivity contribution is 5.91. The molecule has 4 N–H and O–H groups in total. The van der Waals surface area contributed by atoms with Crippen molar-refractivity contribution in [2.24, 2.45) is 11.5 Å². The molecule has 0 aliphatic carbocycles. The fraction of sp³-hybridized carbons (Fsp3) is 0.467. The number of hydrogen-bond donors (Lipinski definition) is 2. The Morgan fingerprint density at radius 1 is 1.33 bits per heavy atom. The molecule has 1 aliphatic rings. The molecule has 2 rings (SSSR count). The van der Waals surface area contributed by atoms with Gasteiger partial charge in [-0.2, -0.15) is 0 Å². The quantitative estimate of drug-likeness (QED) is 0.890. The maximum Gasteiger partial charge on any atom is 0.315 e. The van der Waals surface area contributed by atoms with Gasteiger partial charge in [-0.1, -0.05) is 26.0 Å². The summed E-state index contributed by atoms with van der Waals surface area (Å²) in [7, 11) is 0. The maximum atomic E-state index is 14.2. The minimum atomic E-state index is -1.35. The molecule has 1 aromatic rings. The lowest BCUT2D eigenvalue weighted by molar-refractivity contribution is -0.127. The Labute approximate surface area is 123 Å². The zero-order valence-electron chi connectivity index (χ0n) is 12.2. The molecule has 5 nitrogen and oxygen atoms in total. The summed E-state index contributed by atoms with van der Waals surface area (Å²) in [6, 6.07) is 3.86. The monoisotopic (exact) mass is 293 g/mol. The molecule has 114 valence electrons. The first-order chi connectivity index (χ1) is 9.80. The third kappa shape index (κ3) is 2.34. The van der Waals surface area contributed by atoms with E-state index in [1.165, 1.54) is 11.0 Å². The summed E-state index contributed by atoms with van der Waals surface area (Å²) in [4.78, 5) is 24.9. The predicted octanol–water partition coefficient (Wildman–Crippen LogP) is 1.80. The molecule has 0 bridgehead atoms. The Bertz CT molecular complexity index is 588. The van der Waals surface area contributed by atoms with E-state index in [1.807, 2.05) is 13.8 Å². The van der Waals surface area contributed by atoms with E-state index >= 15 is 0 Å². The van der Waals surface area contributed by atoms with Crippen molar-refractivity contribution in [2.45, 2.75) is 38.1 Å². The predicted molar refractivity (Wildman–Crippen MR) is 76.9 cm³/mol. The number of carbonyl (C=O) groups is 2. The van der Waals surface area contributed by atoms with Crippen LogP contribution >= 0.6 is 0 Å². The summed E-state index contributed by atoms with van der Waals surface area (Å²) in [6.07, 6.45) is 0.950. The van der Waals surface area contributed by atoms with Crippen molar-refractivity contribution in [1.82, 2.24) is 4.90 Å². The largest absolute Gasteiger partial charge is 0.367 e. The molecule has 0 spiro atoms. The number of rotatable bonds is 3. The molecule has 1 fully saturated rings. The van der Waals surface area contributed by atoms with Gasteiger partial charge < -0.3 is 16.4 Å². The van der Waals surface area contributed by atoms with Crippen LogP contribution in [-0.2, 0) is 10.3 Å². The van der Waals surface area contributed by atoms with Crippen LogP contribution < -0.4 is 11.5 Å². The van der Waals surface area contributed by atoms with Crippen LogP contribution in [0.4, 0.5) is 9.18 Å². The molecule has 1 atom stereocenters. The second-order valence-corrected chi connectivity index (χ2v) is 5.71. The van der Waals surface area contributed by atoms with Crippen molar-refractivity contribution >= 4 is 11.9 Å². The molecule has 21 heavy (non-hydrogen) atoms. The number of hydrogen-bond acceptors (Lipinski definition) is 2. The summed E-state index contributed by atoms with van der Waals surface area (Å²) >= 11 is 0. The van der Waals surface area contributed by atoms with Gasteiger partial charge in [0.2, 0.25) is 5.91 Å². The second kappa shape index (κ2) is 5.35. The summed E-state index contributed by atoms with van der Waals surface area (Å²) in [5.74, 6) is -1.06. The van der Waals surface area contributed by atoms with E-state index in [0.29, 0.717) is 30.5 Å². The van der Waals surface area contributed by atoms with Crippen LogP contribution in [0.1, 0.15) is 43.7 Å². The number of nitrogens with two attached hydrogens (primary N) is 2. The second-order valence-electron chi connectivity index (χ2n) is 5.71. The molecular formula is C15H20FN3O2. The Hall–Kier alpha value is -2.11. The van der Waals surface area contributed by atoms with Gasteiger partial charge in [-0.15, -0.1) is 0 Å². The molecule has 1 unspecified atom stereocenters. The summed E-state index contributed by atoms with van der Waals surface area (Å²) in [5, 5.41) is 0. The smallest absolute Gasteiger partial charge is 0.315 e. The SMILES string of the molecule is CC(C)c1ccc(C2(C(N)=O)CCCN2C(N)=O)cc1F. The molecule has 1 saturated heterocycles. The Kier molecular flexibility index (Phi) is 3.89. The maximum absolute atomic E-state index is 14.2. The van der Waals surface area contributed by atoms with Gasteiger partial charge in [-0.3, -0.25) is 4.79 Å². The first-order valence-electron chi connectivity index (χ1n) is 6.97. The molecule has 0 saturated carbocycles. The average molecular weight is 293 g/mol. The van der Waals surface area contributed by atoms with Gasteiger partial charge in [0, 0.05) is 6.54 Å². The van der Waals surface area contributed by atoms with E-state index in [0.717, 1.165) is 0 Å². The average Bonchev–Trinajstić information content (AvgIpc) is 2.83. The van der Waals surface area contributed by atoms with Gasteiger partial charge in [0.1, 0.15) is 11.4 Å². The van der Waals surface area contributed by atoms with E-state index in [-0.39, 0.29) is 5.92 Å². The van der Waals surface area contributed by atoms with Crippen molar-refractivity contribution < 1.29 is 14.0 Å². The third-order valence-corrected chi connectivity index (χ3v) is 4.15. The minimum Gasteiger partial charge on any atom is -0.367 e. The highest BCUT2D eigenvalue weighted by atomic mass is 19.1. The lowest BCUT2D eigenvalue weighted by atomic mass is 9.85. The lowest BCUT2D eigenvalue weighted by Gasteiger charge is -2.35. The Morgan fingerprint density at radius 3 is 2.48 bits per heavy atom. The fourth-order valence-corrected chi connectivity index (χ4v) is 3.07. The van der Waals surface area contributed by atoms with Crippen molar-refractivity contribution in [3.05, 3.63) is 35.1 Å². The molecule has 1 heterocycles. The summed E-state index contributed by atoms with van der Waals surface area (Å²) < 4.78 is 14.2. The third-order valence-electron chi connectivity index (χ3n) is 4.15. The molecular weight excluding hydrogens is 273 g/mol. The number of carbonyl (C=O) groups excluding carboxylic acids is 2. The van der Waals surface area contributed by atoms with Gasteiger partial charge in [0.15, 0.2) is 0 Å². The normalized spacial score (nSPS) is 21.8. The Morgan fingerprint density at radius 2 is 2.00 bits per heavy atom. The van der Waals surface area contributed by atoms with E-state index < -0.39 is 23.3 Å². The number of primary amides is 2. The van der Waals surface area contributed by atoms with Gasteiger partial charge in [0.05, 0.1) is 0 Å².